The van der Waals surface area contributed by atoms with Crippen molar-refractivity contribution in [3.63, 3.8) is 0 Å². The van der Waals surface area contributed by atoms with Crippen LogP contribution in [-0.2, 0) is 4.79 Å². The Kier molecular flexibility index (Phi) is 5.01. The molecule has 0 aromatic heterocycles. The van der Waals surface area contributed by atoms with Crippen LogP contribution in [0.1, 0.15) is 33.1 Å². The SMILES string of the molecule is CC(C)Oc1ccc(NC(=O)C2CCCCN2C)cc1. The van der Waals surface area contributed by atoms with Crippen LogP contribution in [0, 0.1) is 0 Å². The minimum absolute atomic E-state index is 0.00431. The highest BCUT2D eigenvalue weighted by Crippen LogP contribution is 2.19. The number of nitrogens with one attached hydrogen (secondary N) is 1. The molecule has 1 unspecified atom stereocenters. The summed E-state index contributed by atoms with van der Waals surface area (Å²) < 4.78 is 5.59. The van der Waals surface area contributed by atoms with Crippen molar-refractivity contribution >= 4 is 11.6 Å². The Labute approximate surface area is 121 Å². The van der Waals surface area contributed by atoms with Crippen molar-refractivity contribution in [3.05, 3.63) is 24.3 Å². The molecule has 110 valence electrons. The van der Waals surface area contributed by atoms with Gasteiger partial charge in [-0.25, -0.2) is 0 Å². The number of likely N-dealkylation sites (N-methyl/N-ethyl adjacent to an activating group) is 1. The average Bonchev–Trinajstić information content (AvgIpc) is 2.41. The number of likely N-dealkylation sites (tertiary alicyclic amines) is 1. The molecule has 0 spiro atoms. The first-order chi connectivity index (χ1) is 9.56. The number of amides is 1. The number of rotatable bonds is 4. The van der Waals surface area contributed by atoms with Crippen LogP contribution in [0.5, 0.6) is 5.75 Å². The molecule has 0 aliphatic carbocycles. The van der Waals surface area contributed by atoms with E-state index in [4.69, 9.17) is 4.74 Å². The maximum atomic E-state index is 12.3. The number of ether oxygens (including phenoxy) is 1. The van der Waals surface area contributed by atoms with Crippen LogP contribution in [0.15, 0.2) is 24.3 Å². The molecule has 1 heterocycles. The van der Waals surface area contributed by atoms with Gasteiger partial charge in [-0.3, -0.25) is 9.69 Å². The van der Waals surface area contributed by atoms with Crippen LogP contribution in [0.2, 0.25) is 0 Å². The van der Waals surface area contributed by atoms with E-state index in [0.717, 1.165) is 30.8 Å². The first-order valence-electron chi connectivity index (χ1n) is 7.34. The predicted octanol–water partition coefficient (Wildman–Crippen LogP) is 2.90. The first-order valence-corrected chi connectivity index (χ1v) is 7.34. The zero-order valence-electron chi connectivity index (χ0n) is 12.6. The van der Waals surface area contributed by atoms with Crippen molar-refractivity contribution in [1.82, 2.24) is 4.90 Å². The van der Waals surface area contributed by atoms with E-state index >= 15 is 0 Å². The third-order valence-electron chi connectivity index (χ3n) is 3.57. The number of nitrogens with zero attached hydrogens (tertiary/aromatic N) is 1. The Balaban J connectivity index is 1.93. The Morgan fingerprint density at radius 1 is 1.30 bits per heavy atom. The summed E-state index contributed by atoms with van der Waals surface area (Å²) in [6, 6.07) is 7.55. The fourth-order valence-corrected chi connectivity index (χ4v) is 2.52. The molecular formula is C16H24N2O2. The maximum Gasteiger partial charge on any atom is 0.241 e. The molecule has 0 saturated carbocycles. The van der Waals surface area contributed by atoms with Gasteiger partial charge in [0.2, 0.25) is 5.91 Å². The molecule has 20 heavy (non-hydrogen) atoms. The highest BCUT2D eigenvalue weighted by molar-refractivity contribution is 5.94. The van der Waals surface area contributed by atoms with Crippen LogP contribution in [0.4, 0.5) is 5.69 Å². The molecule has 1 aromatic carbocycles. The second kappa shape index (κ2) is 6.75. The number of carbonyl (C=O) groups is 1. The Morgan fingerprint density at radius 2 is 2.00 bits per heavy atom. The lowest BCUT2D eigenvalue weighted by Gasteiger charge is -2.31. The minimum Gasteiger partial charge on any atom is -0.491 e. The van der Waals surface area contributed by atoms with E-state index in [9.17, 15) is 4.79 Å². The van der Waals surface area contributed by atoms with Crippen molar-refractivity contribution in [3.8, 4) is 5.75 Å². The molecular weight excluding hydrogens is 252 g/mol. The van der Waals surface area contributed by atoms with Gasteiger partial charge in [-0.15, -0.1) is 0 Å². The molecule has 4 heteroatoms. The summed E-state index contributed by atoms with van der Waals surface area (Å²) in [6.45, 7) is 4.99. The van der Waals surface area contributed by atoms with E-state index in [0.29, 0.717) is 0 Å². The number of anilines is 1. The monoisotopic (exact) mass is 276 g/mol. The number of hydrogen-bond acceptors (Lipinski definition) is 3. The second-order valence-electron chi connectivity index (χ2n) is 5.67. The van der Waals surface area contributed by atoms with Crippen LogP contribution in [0.25, 0.3) is 0 Å². The molecule has 1 amide bonds. The summed E-state index contributed by atoms with van der Waals surface area (Å²) in [5, 5.41) is 2.99. The molecule has 1 N–H and O–H groups in total. The van der Waals surface area contributed by atoms with Crippen molar-refractivity contribution in [1.29, 1.82) is 0 Å². The van der Waals surface area contributed by atoms with Gasteiger partial charge in [0, 0.05) is 5.69 Å². The lowest BCUT2D eigenvalue weighted by molar-refractivity contribution is -0.121. The summed E-state index contributed by atoms with van der Waals surface area (Å²) in [4.78, 5) is 14.4. The molecule has 0 radical (unpaired) electrons. The molecule has 4 nitrogen and oxygen atoms in total. The van der Waals surface area contributed by atoms with Gasteiger partial charge >= 0.3 is 0 Å². The summed E-state index contributed by atoms with van der Waals surface area (Å²) in [6.07, 6.45) is 3.41. The quantitative estimate of drug-likeness (QED) is 0.919. The molecule has 1 aliphatic rings. The molecule has 1 aliphatic heterocycles. The number of carbonyl (C=O) groups excluding carboxylic acids is 1. The predicted molar refractivity (Wildman–Crippen MR) is 81.1 cm³/mol. The van der Waals surface area contributed by atoms with Gasteiger partial charge in [0.05, 0.1) is 12.1 Å². The van der Waals surface area contributed by atoms with E-state index in [2.05, 4.69) is 10.2 Å². The molecule has 2 rings (SSSR count). The second-order valence-corrected chi connectivity index (χ2v) is 5.67. The van der Waals surface area contributed by atoms with E-state index in [-0.39, 0.29) is 18.1 Å². The minimum atomic E-state index is -0.00431. The fraction of sp³-hybridized carbons (Fsp3) is 0.562. The third-order valence-corrected chi connectivity index (χ3v) is 3.57. The van der Waals surface area contributed by atoms with Crippen molar-refractivity contribution in [2.24, 2.45) is 0 Å². The fourth-order valence-electron chi connectivity index (χ4n) is 2.52. The standard InChI is InChI=1S/C16H24N2O2/c1-12(2)20-14-9-7-13(8-10-14)17-16(19)15-6-4-5-11-18(15)3/h7-10,12,15H,4-6,11H2,1-3H3,(H,17,19). The Hall–Kier alpha value is -1.55. The number of piperidine rings is 1. The van der Waals surface area contributed by atoms with Gasteiger partial charge in [-0.05, 0) is 64.5 Å². The van der Waals surface area contributed by atoms with Gasteiger partial charge in [-0.1, -0.05) is 6.42 Å². The topological polar surface area (TPSA) is 41.6 Å². The Morgan fingerprint density at radius 3 is 2.60 bits per heavy atom. The van der Waals surface area contributed by atoms with E-state index in [1.165, 1.54) is 6.42 Å². The number of hydrogen-bond donors (Lipinski definition) is 1. The zero-order valence-corrected chi connectivity index (χ0v) is 12.6. The lowest BCUT2D eigenvalue weighted by atomic mass is 10.0. The van der Waals surface area contributed by atoms with Crippen LogP contribution < -0.4 is 10.1 Å². The van der Waals surface area contributed by atoms with E-state index in [1.54, 1.807) is 0 Å². The Bertz CT molecular complexity index is 442. The molecule has 1 aromatic rings. The molecule has 1 atom stereocenters. The van der Waals surface area contributed by atoms with Crippen LogP contribution in [0.3, 0.4) is 0 Å². The lowest BCUT2D eigenvalue weighted by Crippen LogP contribution is -2.44. The molecule has 0 bridgehead atoms. The first kappa shape index (κ1) is 14.9. The number of benzene rings is 1. The van der Waals surface area contributed by atoms with Gasteiger partial charge in [0.15, 0.2) is 0 Å². The summed E-state index contributed by atoms with van der Waals surface area (Å²) >= 11 is 0. The molecule has 1 fully saturated rings. The van der Waals surface area contributed by atoms with Gasteiger partial charge < -0.3 is 10.1 Å². The summed E-state index contributed by atoms with van der Waals surface area (Å²) in [5.41, 5.74) is 0.824. The van der Waals surface area contributed by atoms with E-state index in [1.807, 2.05) is 45.2 Å². The van der Waals surface area contributed by atoms with E-state index < -0.39 is 0 Å². The van der Waals surface area contributed by atoms with Gasteiger partial charge in [-0.2, -0.15) is 0 Å². The molecule has 1 saturated heterocycles. The normalized spacial score (nSPS) is 19.9. The zero-order chi connectivity index (χ0) is 14.5. The highest BCUT2D eigenvalue weighted by atomic mass is 16.5. The smallest absolute Gasteiger partial charge is 0.241 e. The van der Waals surface area contributed by atoms with Crippen molar-refractivity contribution < 1.29 is 9.53 Å². The highest BCUT2D eigenvalue weighted by Gasteiger charge is 2.25. The van der Waals surface area contributed by atoms with Gasteiger partial charge in [0.25, 0.3) is 0 Å². The van der Waals surface area contributed by atoms with Gasteiger partial charge in [0.1, 0.15) is 5.75 Å². The maximum absolute atomic E-state index is 12.3. The van der Waals surface area contributed by atoms with Crippen LogP contribution in [-0.4, -0.2) is 36.5 Å². The van der Waals surface area contributed by atoms with Crippen molar-refractivity contribution in [2.75, 3.05) is 18.9 Å². The average molecular weight is 276 g/mol. The largest absolute Gasteiger partial charge is 0.491 e. The summed E-state index contributed by atoms with van der Waals surface area (Å²) in [5.74, 6) is 0.914. The third kappa shape index (κ3) is 3.97. The van der Waals surface area contributed by atoms with Crippen LogP contribution >= 0.6 is 0 Å². The summed E-state index contributed by atoms with van der Waals surface area (Å²) in [7, 11) is 2.02. The van der Waals surface area contributed by atoms with Crippen molar-refractivity contribution in [2.45, 2.75) is 45.3 Å².